The molecule has 156 valence electrons. The summed E-state index contributed by atoms with van der Waals surface area (Å²) in [6.45, 7) is 12.7. The minimum absolute atomic E-state index is 0.102. The molecular formula is C21H31N7O. The Balaban J connectivity index is 1.46. The van der Waals surface area contributed by atoms with Gasteiger partial charge in [-0.25, -0.2) is 4.52 Å². The van der Waals surface area contributed by atoms with Crippen molar-refractivity contribution in [3.63, 3.8) is 0 Å². The van der Waals surface area contributed by atoms with Gasteiger partial charge in [-0.2, -0.15) is 5.10 Å². The molecule has 0 aromatic carbocycles. The fourth-order valence-corrected chi connectivity index (χ4v) is 4.15. The second-order valence-corrected chi connectivity index (χ2v) is 8.49. The molecule has 2 aliphatic rings. The number of pyridine rings is 1. The molecule has 2 fully saturated rings. The largest absolute Gasteiger partial charge is 0.309 e. The number of hydrogen-bond donors (Lipinski definition) is 2. The Morgan fingerprint density at radius 2 is 1.93 bits per heavy atom. The molecule has 1 unspecified atom stereocenters. The molecule has 2 aromatic rings. The van der Waals surface area contributed by atoms with E-state index in [1.165, 1.54) is 5.56 Å². The predicted molar refractivity (Wildman–Crippen MR) is 114 cm³/mol. The van der Waals surface area contributed by atoms with Crippen molar-refractivity contribution in [1.29, 1.82) is 5.41 Å². The molecule has 2 aromatic heterocycles. The summed E-state index contributed by atoms with van der Waals surface area (Å²) in [5, 5.41) is 15.1. The zero-order valence-corrected chi connectivity index (χ0v) is 17.6. The van der Waals surface area contributed by atoms with E-state index in [9.17, 15) is 4.79 Å². The molecule has 1 atom stereocenters. The van der Waals surface area contributed by atoms with Gasteiger partial charge in [0.05, 0.1) is 17.4 Å². The predicted octanol–water partition coefficient (Wildman–Crippen LogP) is 1.76. The van der Waals surface area contributed by atoms with E-state index in [4.69, 9.17) is 5.41 Å². The Kier molecular flexibility index (Phi) is 5.56. The van der Waals surface area contributed by atoms with Gasteiger partial charge in [-0.3, -0.25) is 25.3 Å². The van der Waals surface area contributed by atoms with Crippen LogP contribution in [0.15, 0.2) is 24.5 Å². The van der Waals surface area contributed by atoms with Crippen molar-refractivity contribution in [2.75, 3.05) is 37.6 Å². The lowest BCUT2D eigenvalue weighted by Crippen LogP contribution is -2.50. The van der Waals surface area contributed by atoms with Crippen molar-refractivity contribution < 1.29 is 4.79 Å². The van der Waals surface area contributed by atoms with E-state index in [1.54, 1.807) is 6.20 Å². The van der Waals surface area contributed by atoms with E-state index in [1.807, 2.05) is 15.6 Å². The number of amides is 1. The van der Waals surface area contributed by atoms with Crippen molar-refractivity contribution in [2.45, 2.75) is 39.8 Å². The van der Waals surface area contributed by atoms with Gasteiger partial charge < -0.3 is 4.90 Å². The Morgan fingerprint density at radius 1 is 1.17 bits per heavy atom. The van der Waals surface area contributed by atoms with Crippen LogP contribution in [0, 0.1) is 11.3 Å². The first-order valence-electron chi connectivity index (χ1n) is 10.5. The molecule has 8 heteroatoms. The van der Waals surface area contributed by atoms with Gasteiger partial charge in [-0.1, -0.05) is 13.8 Å². The van der Waals surface area contributed by atoms with E-state index in [2.05, 4.69) is 53.1 Å². The van der Waals surface area contributed by atoms with Crippen LogP contribution in [0.4, 0.5) is 5.69 Å². The Labute approximate surface area is 172 Å². The minimum Gasteiger partial charge on any atom is -0.309 e. The van der Waals surface area contributed by atoms with Gasteiger partial charge in [0.25, 0.3) is 0 Å². The van der Waals surface area contributed by atoms with Crippen molar-refractivity contribution in [3.8, 4) is 0 Å². The van der Waals surface area contributed by atoms with Crippen LogP contribution in [0.3, 0.4) is 0 Å². The van der Waals surface area contributed by atoms with Gasteiger partial charge in [-0.15, -0.1) is 0 Å². The van der Waals surface area contributed by atoms with E-state index >= 15 is 0 Å². The maximum atomic E-state index is 11.5. The highest BCUT2D eigenvalue weighted by atomic mass is 16.2. The third-order valence-electron chi connectivity index (χ3n) is 6.30. The normalized spacial score (nSPS) is 20.5. The fourth-order valence-electron chi connectivity index (χ4n) is 4.15. The van der Waals surface area contributed by atoms with Crippen LogP contribution in [-0.2, 0) is 11.3 Å². The summed E-state index contributed by atoms with van der Waals surface area (Å²) in [4.78, 5) is 18.4. The number of hydrogen-bond acceptors (Lipinski definition) is 5. The number of rotatable bonds is 5. The first-order valence-corrected chi connectivity index (χ1v) is 10.5. The summed E-state index contributed by atoms with van der Waals surface area (Å²) in [6.07, 6.45) is 4.15. The maximum Gasteiger partial charge on any atom is 0.228 e. The van der Waals surface area contributed by atoms with Gasteiger partial charge >= 0.3 is 0 Å². The second-order valence-electron chi connectivity index (χ2n) is 8.49. The molecule has 4 rings (SSSR count). The lowest BCUT2D eigenvalue weighted by molar-refractivity contribution is -0.119. The highest BCUT2D eigenvalue weighted by Crippen LogP contribution is 2.24. The smallest absolute Gasteiger partial charge is 0.228 e. The Morgan fingerprint density at radius 3 is 2.62 bits per heavy atom. The van der Waals surface area contributed by atoms with Gasteiger partial charge in [0.15, 0.2) is 0 Å². The minimum atomic E-state index is -0.102. The number of carbonyl (C=O) groups excluding carboxylic acids is 1. The van der Waals surface area contributed by atoms with Crippen LogP contribution in [0.25, 0.3) is 5.52 Å². The Bertz CT molecular complexity index is 898. The topological polar surface area (TPSA) is 80.0 Å². The first kappa shape index (κ1) is 19.8. The van der Waals surface area contributed by atoms with Gasteiger partial charge in [0.2, 0.25) is 11.9 Å². The third-order valence-corrected chi connectivity index (χ3v) is 6.30. The summed E-state index contributed by atoms with van der Waals surface area (Å²) in [7, 11) is 0. The van der Waals surface area contributed by atoms with Crippen molar-refractivity contribution in [1.82, 2.24) is 24.7 Å². The highest BCUT2D eigenvalue weighted by Gasteiger charge is 2.25. The maximum absolute atomic E-state index is 11.5. The molecule has 29 heavy (non-hydrogen) atoms. The molecule has 2 saturated heterocycles. The van der Waals surface area contributed by atoms with E-state index in [-0.39, 0.29) is 11.9 Å². The molecule has 0 radical (unpaired) electrons. The SMILES string of the molecule is CC(C)C(C)N1CCN(Cc2ccn3ncc(N4CCC(=O)NC4=N)c3c2)CC1. The van der Waals surface area contributed by atoms with Gasteiger partial charge in [-0.05, 0) is 30.5 Å². The molecule has 2 aliphatic heterocycles. The van der Waals surface area contributed by atoms with E-state index in [0.717, 1.165) is 43.9 Å². The number of piperazine rings is 1. The molecular weight excluding hydrogens is 366 g/mol. The zero-order valence-electron chi connectivity index (χ0n) is 17.6. The number of carbonyl (C=O) groups is 1. The summed E-state index contributed by atoms with van der Waals surface area (Å²) in [5.41, 5.74) is 3.08. The molecule has 0 saturated carbocycles. The van der Waals surface area contributed by atoms with Gasteiger partial charge in [0.1, 0.15) is 0 Å². The van der Waals surface area contributed by atoms with E-state index < -0.39 is 0 Å². The van der Waals surface area contributed by atoms with Gasteiger partial charge in [0, 0.05) is 57.9 Å². The molecule has 0 spiro atoms. The number of fused-ring (bicyclic) bond motifs is 1. The fraction of sp³-hybridized carbons (Fsp3) is 0.571. The van der Waals surface area contributed by atoms with Crippen LogP contribution < -0.4 is 10.2 Å². The molecule has 1 amide bonds. The average Bonchev–Trinajstić information content (AvgIpc) is 3.11. The zero-order chi connectivity index (χ0) is 20.5. The lowest BCUT2D eigenvalue weighted by Gasteiger charge is -2.39. The van der Waals surface area contributed by atoms with Crippen molar-refractivity contribution >= 4 is 23.1 Å². The van der Waals surface area contributed by atoms with Crippen LogP contribution in [0.1, 0.15) is 32.8 Å². The summed E-state index contributed by atoms with van der Waals surface area (Å²) in [5.74, 6) is 0.703. The Hall–Kier alpha value is -2.45. The first-order chi connectivity index (χ1) is 13.9. The number of nitrogens with one attached hydrogen (secondary N) is 2. The molecule has 8 nitrogen and oxygen atoms in total. The number of guanidine groups is 1. The average molecular weight is 398 g/mol. The van der Waals surface area contributed by atoms with E-state index in [0.29, 0.717) is 24.9 Å². The highest BCUT2D eigenvalue weighted by molar-refractivity contribution is 6.08. The summed E-state index contributed by atoms with van der Waals surface area (Å²) >= 11 is 0. The molecule has 0 bridgehead atoms. The van der Waals surface area contributed by atoms with Crippen LogP contribution >= 0.6 is 0 Å². The standard InChI is InChI=1S/C21H31N7O/c1-15(2)16(3)26-10-8-25(9-11-26)14-17-4-7-28-18(12-17)19(13-23-28)27-6-5-20(29)24-21(27)22/h4,7,12-13,15-16H,5-6,8-11,14H2,1-3H3,(H2,22,24,29). The van der Waals surface area contributed by atoms with Crippen molar-refractivity contribution in [2.24, 2.45) is 5.92 Å². The van der Waals surface area contributed by atoms with Crippen LogP contribution in [0.5, 0.6) is 0 Å². The van der Waals surface area contributed by atoms with Crippen LogP contribution in [-0.4, -0.2) is 70.0 Å². The third kappa shape index (κ3) is 4.13. The quantitative estimate of drug-likeness (QED) is 0.804. The van der Waals surface area contributed by atoms with Crippen molar-refractivity contribution in [3.05, 3.63) is 30.1 Å². The molecule has 0 aliphatic carbocycles. The molecule has 2 N–H and O–H groups in total. The number of nitrogens with zero attached hydrogens (tertiary/aromatic N) is 5. The molecule has 4 heterocycles. The second kappa shape index (κ2) is 8.12. The lowest BCUT2D eigenvalue weighted by atomic mass is 10.0. The monoisotopic (exact) mass is 397 g/mol. The number of aromatic nitrogens is 2. The summed E-state index contributed by atoms with van der Waals surface area (Å²) in [6, 6.07) is 4.91. The summed E-state index contributed by atoms with van der Waals surface area (Å²) < 4.78 is 1.84. The van der Waals surface area contributed by atoms with Crippen LogP contribution in [0.2, 0.25) is 0 Å². The number of anilines is 1.